The molecule has 4 aromatic rings. The number of carbonyl (C=O) groups is 1. The Morgan fingerprint density at radius 3 is 2.38 bits per heavy atom. The van der Waals surface area contributed by atoms with E-state index in [1.165, 1.54) is 6.20 Å². The highest BCUT2D eigenvalue weighted by atomic mass is 16.1. The molecule has 144 valence electrons. The minimum absolute atomic E-state index is 0.0251. The summed E-state index contributed by atoms with van der Waals surface area (Å²) in [6.07, 6.45) is 2.68. The van der Waals surface area contributed by atoms with Crippen molar-refractivity contribution in [3.8, 4) is 5.69 Å². The fraction of sp³-hybridized carbons (Fsp3) is 0.125. The van der Waals surface area contributed by atoms with Crippen LogP contribution in [0.25, 0.3) is 16.6 Å². The molecule has 0 saturated carbocycles. The number of hydrogen-bond acceptors (Lipinski definition) is 4. The van der Waals surface area contributed by atoms with Gasteiger partial charge in [0.1, 0.15) is 11.5 Å². The summed E-state index contributed by atoms with van der Waals surface area (Å²) in [6, 6.07) is 22.7. The summed E-state index contributed by atoms with van der Waals surface area (Å²) >= 11 is 0. The van der Waals surface area contributed by atoms with Crippen LogP contribution in [0.5, 0.6) is 0 Å². The lowest BCUT2D eigenvalue weighted by molar-refractivity contribution is 0.0977. The Hall–Kier alpha value is -3.73. The normalized spacial score (nSPS) is 10.8. The number of aromatic nitrogens is 2. The molecule has 5 heteroatoms. The van der Waals surface area contributed by atoms with Crippen LogP contribution in [0.4, 0.5) is 11.5 Å². The number of ketones is 1. The molecule has 0 saturated heterocycles. The molecule has 0 amide bonds. The van der Waals surface area contributed by atoms with E-state index in [0.29, 0.717) is 28.8 Å². The van der Waals surface area contributed by atoms with Crippen molar-refractivity contribution in [3.63, 3.8) is 0 Å². The number of benzene rings is 2. The fourth-order valence-electron chi connectivity index (χ4n) is 3.34. The summed E-state index contributed by atoms with van der Waals surface area (Å²) in [6.45, 7) is 1.96. The number of Topliss-reactive ketones (excluding diaryl/α,β-unsaturated/α-hetero) is 1. The van der Waals surface area contributed by atoms with E-state index < -0.39 is 0 Å². The molecule has 2 aromatic heterocycles. The number of para-hydroxylation sites is 2. The van der Waals surface area contributed by atoms with Gasteiger partial charge in [0.05, 0.1) is 10.9 Å². The average Bonchev–Trinajstić information content (AvgIpc) is 2.75. The number of hydrogen-bond donors (Lipinski definition) is 1. The third kappa shape index (κ3) is 3.80. The van der Waals surface area contributed by atoms with E-state index >= 15 is 0 Å². The molecule has 1 N–H and O–H groups in total. The molecule has 0 atom stereocenters. The SMILES string of the molecule is CCCC(=O)c1cc2c(cn1)c(=O)cc(Nc1ccccc1)n2-c1ccccc1. The minimum atomic E-state index is -0.146. The highest BCUT2D eigenvalue weighted by Crippen LogP contribution is 2.25. The van der Waals surface area contributed by atoms with Gasteiger partial charge in [-0.1, -0.05) is 43.3 Å². The molecule has 0 aliphatic rings. The molecule has 4 rings (SSSR count). The number of nitrogens with one attached hydrogen (secondary N) is 1. The molecule has 2 aromatic carbocycles. The van der Waals surface area contributed by atoms with Gasteiger partial charge in [-0.05, 0) is 36.8 Å². The summed E-state index contributed by atoms with van der Waals surface area (Å²) < 4.78 is 1.95. The highest BCUT2D eigenvalue weighted by molar-refractivity contribution is 5.97. The molecule has 0 radical (unpaired) electrons. The Labute approximate surface area is 168 Å². The van der Waals surface area contributed by atoms with Gasteiger partial charge in [0.25, 0.3) is 0 Å². The molecule has 0 unspecified atom stereocenters. The lowest BCUT2D eigenvalue weighted by Gasteiger charge is -2.18. The van der Waals surface area contributed by atoms with Gasteiger partial charge < -0.3 is 5.32 Å². The highest BCUT2D eigenvalue weighted by Gasteiger charge is 2.15. The third-order valence-corrected chi connectivity index (χ3v) is 4.72. The monoisotopic (exact) mass is 383 g/mol. The van der Waals surface area contributed by atoms with Crippen molar-refractivity contribution in [1.82, 2.24) is 9.55 Å². The summed E-state index contributed by atoms with van der Waals surface area (Å²) in [5.74, 6) is 0.600. The van der Waals surface area contributed by atoms with E-state index in [-0.39, 0.29) is 11.2 Å². The maximum atomic E-state index is 12.8. The van der Waals surface area contributed by atoms with Crippen molar-refractivity contribution in [2.45, 2.75) is 19.8 Å². The lowest BCUT2D eigenvalue weighted by atomic mass is 10.1. The van der Waals surface area contributed by atoms with E-state index in [2.05, 4.69) is 10.3 Å². The van der Waals surface area contributed by atoms with Crippen LogP contribution in [0.2, 0.25) is 0 Å². The predicted octanol–water partition coefficient (Wildman–Crippen LogP) is 5.11. The molecule has 0 fully saturated rings. The predicted molar refractivity (Wildman–Crippen MR) is 116 cm³/mol. The summed E-state index contributed by atoms with van der Waals surface area (Å²) in [5, 5.41) is 3.81. The smallest absolute Gasteiger partial charge is 0.193 e. The Balaban J connectivity index is 1.98. The van der Waals surface area contributed by atoms with Gasteiger partial charge in [0, 0.05) is 30.1 Å². The summed E-state index contributed by atoms with van der Waals surface area (Å²) in [7, 11) is 0. The first-order chi connectivity index (χ1) is 14.2. The van der Waals surface area contributed by atoms with Gasteiger partial charge in [0.2, 0.25) is 0 Å². The number of carbonyl (C=O) groups excluding carboxylic acids is 1. The lowest BCUT2D eigenvalue weighted by Crippen LogP contribution is -2.14. The van der Waals surface area contributed by atoms with E-state index in [1.54, 1.807) is 12.1 Å². The molecule has 29 heavy (non-hydrogen) atoms. The molecule has 5 nitrogen and oxygen atoms in total. The van der Waals surface area contributed by atoms with Crippen molar-refractivity contribution in [3.05, 3.63) is 94.9 Å². The van der Waals surface area contributed by atoms with Gasteiger partial charge in [0.15, 0.2) is 11.2 Å². The largest absolute Gasteiger partial charge is 0.341 e. The quantitative estimate of drug-likeness (QED) is 0.470. The first kappa shape index (κ1) is 18.6. The number of nitrogens with zero attached hydrogens (tertiary/aromatic N) is 2. The standard InChI is InChI=1S/C24H21N3O2/c1-2-9-22(28)20-14-21-19(16-25-20)23(29)15-24(26-17-10-5-3-6-11-17)27(21)18-12-7-4-8-13-18/h3-8,10-16,26H,2,9H2,1H3. The second-order valence-corrected chi connectivity index (χ2v) is 6.82. The Kier molecular flexibility index (Phi) is 5.20. The molecule has 0 aliphatic carbocycles. The first-order valence-electron chi connectivity index (χ1n) is 9.64. The molecule has 0 aliphatic heterocycles. The maximum Gasteiger partial charge on any atom is 0.193 e. The average molecular weight is 383 g/mol. The Bertz CT molecular complexity index is 1220. The topological polar surface area (TPSA) is 64.0 Å². The zero-order valence-corrected chi connectivity index (χ0v) is 16.1. The van der Waals surface area contributed by atoms with Gasteiger partial charge in [-0.2, -0.15) is 0 Å². The summed E-state index contributed by atoms with van der Waals surface area (Å²) in [4.78, 5) is 29.5. The zero-order valence-electron chi connectivity index (χ0n) is 16.1. The van der Waals surface area contributed by atoms with E-state index in [0.717, 1.165) is 17.8 Å². The van der Waals surface area contributed by atoms with Crippen LogP contribution in [0.3, 0.4) is 0 Å². The van der Waals surface area contributed by atoms with Crippen LogP contribution in [0.1, 0.15) is 30.3 Å². The van der Waals surface area contributed by atoms with Crippen molar-refractivity contribution in [2.24, 2.45) is 0 Å². The Morgan fingerprint density at radius 2 is 1.69 bits per heavy atom. The minimum Gasteiger partial charge on any atom is -0.341 e. The van der Waals surface area contributed by atoms with Crippen LogP contribution < -0.4 is 10.7 Å². The molecule has 0 spiro atoms. The second-order valence-electron chi connectivity index (χ2n) is 6.82. The van der Waals surface area contributed by atoms with Crippen LogP contribution >= 0.6 is 0 Å². The first-order valence-corrected chi connectivity index (χ1v) is 9.64. The van der Waals surface area contributed by atoms with E-state index in [1.807, 2.05) is 72.2 Å². The van der Waals surface area contributed by atoms with Gasteiger partial charge in [-0.15, -0.1) is 0 Å². The number of pyridine rings is 2. The number of fused-ring (bicyclic) bond motifs is 1. The van der Waals surface area contributed by atoms with Crippen molar-refractivity contribution >= 4 is 28.2 Å². The van der Waals surface area contributed by atoms with Crippen LogP contribution in [0.15, 0.2) is 83.8 Å². The van der Waals surface area contributed by atoms with Crippen LogP contribution in [-0.4, -0.2) is 15.3 Å². The van der Waals surface area contributed by atoms with Gasteiger partial charge in [-0.25, -0.2) is 0 Å². The number of anilines is 2. The Morgan fingerprint density at radius 1 is 1.00 bits per heavy atom. The van der Waals surface area contributed by atoms with Crippen LogP contribution in [-0.2, 0) is 0 Å². The molecule has 2 heterocycles. The van der Waals surface area contributed by atoms with Crippen molar-refractivity contribution in [1.29, 1.82) is 0 Å². The van der Waals surface area contributed by atoms with E-state index in [4.69, 9.17) is 0 Å². The number of rotatable bonds is 6. The van der Waals surface area contributed by atoms with Crippen molar-refractivity contribution < 1.29 is 4.79 Å². The van der Waals surface area contributed by atoms with Crippen LogP contribution in [0, 0.1) is 0 Å². The third-order valence-electron chi connectivity index (χ3n) is 4.72. The van der Waals surface area contributed by atoms with Gasteiger partial charge >= 0.3 is 0 Å². The van der Waals surface area contributed by atoms with Gasteiger partial charge in [-0.3, -0.25) is 19.1 Å². The van der Waals surface area contributed by atoms with Crippen molar-refractivity contribution in [2.75, 3.05) is 5.32 Å². The molecule has 0 bridgehead atoms. The zero-order chi connectivity index (χ0) is 20.2. The summed E-state index contributed by atoms with van der Waals surface area (Å²) in [5.41, 5.74) is 2.63. The maximum absolute atomic E-state index is 12.8. The fourth-order valence-corrected chi connectivity index (χ4v) is 3.34. The second kappa shape index (κ2) is 8.10. The van der Waals surface area contributed by atoms with E-state index in [9.17, 15) is 9.59 Å². The molecular weight excluding hydrogens is 362 g/mol. The molecular formula is C24H21N3O2.